The number of nitriles is 1. The first-order valence-corrected chi connectivity index (χ1v) is 10.8. The van der Waals surface area contributed by atoms with Gasteiger partial charge >= 0.3 is 5.69 Å². The van der Waals surface area contributed by atoms with Crippen molar-refractivity contribution < 1.29 is 13.9 Å². The average Bonchev–Trinajstić information content (AvgIpc) is 3.49. The Kier molecular flexibility index (Phi) is 5.53. The van der Waals surface area contributed by atoms with E-state index in [0.717, 1.165) is 24.0 Å². The zero-order chi connectivity index (χ0) is 22.8. The maximum absolute atomic E-state index is 12.4. The van der Waals surface area contributed by atoms with Crippen molar-refractivity contribution in [3.8, 4) is 28.7 Å². The second kappa shape index (κ2) is 8.79. The molecule has 4 aromatic rings. The Labute approximate surface area is 190 Å². The lowest BCUT2D eigenvalue weighted by Crippen LogP contribution is -2.22. The molecule has 166 valence electrons. The molecule has 33 heavy (non-hydrogen) atoms. The van der Waals surface area contributed by atoms with E-state index in [2.05, 4.69) is 16.0 Å². The molecule has 2 heterocycles. The summed E-state index contributed by atoms with van der Waals surface area (Å²) in [4.78, 5) is 20.9. The summed E-state index contributed by atoms with van der Waals surface area (Å²) in [6.45, 7) is 0.0980. The lowest BCUT2D eigenvalue weighted by Gasteiger charge is -2.17. The molecule has 0 spiro atoms. The Balaban J connectivity index is 1.46. The highest BCUT2D eigenvalue weighted by molar-refractivity contribution is 5.79. The lowest BCUT2D eigenvalue weighted by molar-refractivity contribution is 0.201. The number of methoxy groups -OCH3 is 1. The fourth-order valence-corrected chi connectivity index (χ4v) is 4.15. The first-order chi connectivity index (χ1) is 16.1. The summed E-state index contributed by atoms with van der Waals surface area (Å²) in [5, 5.41) is 9.27. The first kappa shape index (κ1) is 20.8. The summed E-state index contributed by atoms with van der Waals surface area (Å²) in [7, 11) is 1.62. The van der Waals surface area contributed by atoms with Gasteiger partial charge in [0.1, 0.15) is 18.1 Å². The van der Waals surface area contributed by atoms with E-state index < -0.39 is 5.69 Å². The van der Waals surface area contributed by atoms with Gasteiger partial charge in [0.2, 0.25) is 5.89 Å². The predicted octanol–water partition coefficient (Wildman–Crippen LogP) is 4.30. The standard InChI is InChI=1S/C25H22N4O4/c1-31-20-10-9-16(11-22(20)32-19-6-2-3-7-19)18-13-27-25(30)29(14-18)15-23-28-24-17(12-26)5-4-8-21(24)33-23/h4-5,8-11,13-14,19H,2-3,6-7,15H2,1H3. The molecule has 0 radical (unpaired) electrons. The second-order valence-electron chi connectivity index (χ2n) is 8.01. The highest BCUT2D eigenvalue weighted by atomic mass is 16.5. The van der Waals surface area contributed by atoms with E-state index in [1.54, 1.807) is 37.7 Å². The van der Waals surface area contributed by atoms with Crippen LogP contribution in [0.4, 0.5) is 0 Å². The van der Waals surface area contributed by atoms with E-state index in [0.29, 0.717) is 34.1 Å². The highest BCUT2D eigenvalue weighted by Crippen LogP contribution is 2.35. The van der Waals surface area contributed by atoms with Crippen LogP contribution in [0.1, 0.15) is 37.1 Å². The van der Waals surface area contributed by atoms with Crippen molar-refractivity contribution in [3.63, 3.8) is 0 Å². The fraction of sp³-hybridized carbons (Fsp3) is 0.280. The normalized spacial score (nSPS) is 13.8. The van der Waals surface area contributed by atoms with Crippen LogP contribution in [0.2, 0.25) is 0 Å². The average molecular weight is 442 g/mol. The smallest absolute Gasteiger partial charge is 0.348 e. The molecule has 2 aromatic heterocycles. The molecular weight excluding hydrogens is 420 g/mol. The van der Waals surface area contributed by atoms with Crippen LogP contribution in [-0.2, 0) is 6.54 Å². The minimum Gasteiger partial charge on any atom is -0.493 e. The molecule has 0 atom stereocenters. The number of rotatable bonds is 6. The molecule has 0 unspecified atom stereocenters. The molecule has 8 heteroatoms. The van der Waals surface area contributed by atoms with Crippen molar-refractivity contribution in [1.29, 1.82) is 5.26 Å². The monoisotopic (exact) mass is 442 g/mol. The molecule has 0 bridgehead atoms. The number of nitrogens with zero attached hydrogens (tertiary/aromatic N) is 4. The van der Waals surface area contributed by atoms with Gasteiger partial charge in [0.25, 0.3) is 0 Å². The number of ether oxygens (including phenoxy) is 2. The summed E-state index contributed by atoms with van der Waals surface area (Å²) < 4.78 is 18.9. The summed E-state index contributed by atoms with van der Waals surface area (Å²) in [5.41, 5.74) is 2.60. The van der Waals surface area contributed by atoms with Gasteiger partial charge in [-0.15, -0.1) is 0 Å². The molecule has 1 aliphatic rings. The second-order valence-corrected chi connectivity index (χ2v) is 8.01. The van der Waals surface area contributed by atoms with Gasteiger partial charge in [-0.2, -0.15) is 5.26 Å². The zero-order valence-electron chi connectivity index (χ0n) is 18.2. The number of oxazole rings is 1. The maximum Gasteiger partial charge on any atom is 0.348 e. The molecule has 5 rings (SSSR count). The molecule has 2 aromatic carbocycles. The number of benzene rings is 2. The molecular formula is C25H22N4O4. The number of para-hydroxylation sites is 1. The van der Waals surface area contributed by atoms with Crippen molar-refractivity contribution in [3.05, 3.63) is 70.7 Å². The molecule has 0 saturated heterocycles. The molecule has 1 saturated carbocycles. The van der Waals surface area contributed by atoms with E-state index in [4.69, 9.17) is 13.9 Å². The maximum atomic E-state index is 12.4. The summed E-state index contributed by atoms with van der Waals surface area (Å²) >= 11 is 0. The van der Waals surface area contributed by atoms with Crippen LogP contribution >= 0.6 is 0 Å². The van der Waals surface area contributed by atoms with Gasteiger partial charge in [-0.1, -0.05) is 12.1 Å². The van der Waals surface area contributed by atoms with E-state index >= 15 is 0 Å². The van der Waals surface area contributed by atoms with Gasteiger partial charge in [0, 0.05) is 18.0 Å². The van der Waals surface area contributed by atoms with Crippen molar-refractivity contribution >= 4 is 11.1 Å². The van der Waals surface area contributed by atoms with Gasteiger partial charge in [0.05, 0.1) is 18.8 Å². The Morgan fingerprint density at radius 3 is 2.82 bits per heavy atom. The number of hydrogen-bond donors (Lipinski definition) is 0. The number of aromatic nitrogens is 3. The molecule has 1 fully saturated rings. The molecule has 0 N–H and O–H groups in total. The molecule has 8 nitrogen and oxygen atoms in total. The van der Waals surface area contributed by atoms with Crippen LogP contribution in [0.25, 0.3) is 22.2 Å². The number of fused-ring (bicyclic) bond motifs is 1. The SMILES string of the molecule is COc1ccc(-c2cnc(=O)n(Cc3nc4c(C#N)cccc4o3)c2)cc1OC1CCCC1. The van der Waals surface area contributed by atoms with Crippen LogP contribution < -0.4 is 15.2 Å². The number of hydrogen-bond acceptors (Lipinski definition) is 7. The Morgan fingerprint density at radius 1 is 1.18 bits per heavy atom. The third-order valence-electron chi connectivity index (χ3n) is 5.84. The van der Waals surface area contributed by atoms with E-state index in [-0.39, 0.29) is 12.6 Å². The van der Waals surface area contributed by atoms with E-state index in [1.807, 2.05) is 18.2 Å². The Morgan fingerprint density at radius 2 is 2.03 bits per heavy atom. The minimum absolute atomic E-state index is 0.0980. The molecule has 1 aliphatic carbocycles. The highest BCUT2D eigenvalue weighted by Gasteiger charge is 2.19. The van der Waals surface area contributed by atoms with Crippen LogP contribution in [0.15, 0.2) is 58.0 Å². The van der Waals surface area contributed by atoms with Crippen LogP contribution in [0.3, 0.4) is 0 Å². The van der Waals surface area contributed by atoms with Gasteiger partial charge in [-0.05, 0) is 55.5 Å². The van der Waals surface area contributed by atoms with E-state index in [9.17, 15) is 10.1 Å². The van der Waals surface area contributed by atoms with Crippen molar-refractivity contribution in [2.45, 2.75) is 38.3 Å². The molecule has 0 amide bonds. The largest absolute Gasteiger partial charge is 0.493 e. The fourth-order valence-electron chi connectivity index (χ4n) is 4.15. The lowest BCUT2D eigenvalue weighted by atomic mass is 10.1. The first-order valence-electron chi connectivity index (χ1n) is 10.8. The third-order valence-corrected chi connectivity index (χ3v) is 5.84. The molecule has 0 aliphatic heterocycles. The van der Waals surface area contributed by atoms with Gasteiger partial charge in [-0.25, -0.2) is 14.8 Å². The van der Waals surface area contributed by atoms with E-state index in [1.165, 1.54) is 17.4 Å². The van der Waals surface area contributed by atoms with Crippen LogP contribution in [-0.4, -0.2) is 27.7 Å². The van der Waals surface area contributed by atoms with Crippen molar-refractivity contribution in [1.82, 2.24) is 14.5 Å². The minimum atomic E-state index is -0.419. The predicted molar refractivity (Wildman–Crippen MR) is 121 cm³/mol. The Bertz CT molecular complexity index is 1410. The Hall–Kier alpha value is -4.12. The van der Waals surface area contributed by atoms with Crippen molar-refractivity contribution in [2.24, 2.45) is 0 Å². The zero-order valence-corrected chi connectivity index (χ0v) is 18.2. The third kappa shape index (κ3) is 4.17. The summed E-state index contributed by atoms with van der Waals surface area (Å²) in [6, 6.07) is 12.9. The summed E-state index contributed by atoms with van der Waals surface area (Å²) in [6.07, 6.45) is 7.88. The van der Waals surface area contributed by atoms with Crippen LogP contribution in [0.5, 0.6) is 11.5 Å². The topological polar surface area (TPSA) is 103 Å². The van der Waals surface area contributed by atoms with Gasteiger partial charge in [-0.3, -0.25) is 4.57 Å². The van der Waals surface area contributed by atoms with Crippen LogP contribution in [0, 0.1) is 11.3 Å². The van der Waals surface area contributed by atoms with Crippen molar-refractivity contribution in [2.75, 3.05) is 7.11 Å². The quantitative estimate of drug-likeness (QED) is 0.438. The van der Waals surface area contributed by atoms with Gasteiger partial charge in [0.15, 0.2) is 17.1 Å². The summed E-state index contributed by atoms with van der Waals surface area (Å²) in [5.74, 6) is 1.68. The van der Waals surface area contributed by atoms with Gasteiger partial charge < -0.3 is 13.9 Å².